The topological polar surface area (TPSA) is 69.6 Å². The van der Waals surface area contributed by atoms with E-state index < -0.39 is 21.9 Å². The number of sulfonamides is 1. The van der Waals surface area contributed by atoms with Crippen molar-refractivity contribution in [3.05, 3.63) is 58.9 Å². The van der Waals surface area contributed by atoms with Crippen molar-refractivity contribution in [1.29, 1.82) is 0 Å². The van der Waals surface area contributed by atoms with E-state index in [0.29, 0.717) is 5.56 Å². The minimum absolute atomic E-state index is 0.0193. The van der Waals surface area contributed by atoms with Gasteiger partial charge in [0.2, 0.25) is 10.0 Å². The number of anilines is 1. The maximum absolute atomic E-state index is 13.3. The van der Waals surface area contributed by atoms with Gasteiger partial charge in [-0.1, -0.05) is 12.1 Å². The Morgan fingerprint density at radius 2 is 2.04 bits per heavy atom. The van der Waals surface area contributed by atoms with Crippen LogP contribution in [0.4, 0.5) is 10.1 Å². The van der Waals surface area contributed by atoms with Crippen molar-refractivity contribution in [1.82, 2.24) is 4.72 Å². The highest BCUT2D eigenvalue weighted by Crippen LogP contribution is 2.29. The normalized spacial score (nSPS) is 15.3. The average molecular weight is 364 g/mol. The number of benzene rings is 2. The number of nitrogens with one attached hydrogen (secondary N) is 1. The molecular formula is C18H21FN2O3S. The van der Waals surface area contributed by atoms with Gasteiger partial charge in [0.25, 0.3) is 0 Å². The standard InChI is InChI=1S/C18H21FN2O3S/c1-12-9-15(4-5-16(12)19)25(23,24)20-11-18(22)14-3-6-17-13(10-14)7-8-21(17)2/h3-6,9-10,18,20,22H,7-8,11H2,1-2H3. The summed E-state index contributed by atoms with van der Waals surface area (Å²) < 4.78 is 40.3. The predicted octanol–water partition coefficient (Wildman–Crippen LogP) is 2.14. The molecule has 25 heavy (non-hydrogen) atoms. The van der Waals surface area contributed by atoms with E-state index in [-0.39, 0.29) is 17.0 Å². The average Bonchev–Trinajstić information content (AvgIpc) is 2.95. The SMILES string of the molecule is Cc1cc(S(=O)(=O)NCC(O)c2ccc3c(c2)CCN3C)ccc1F. The Morgan fingerprint density at radius 1 is 1.28 bits per heavy atom. The van der Waals surface area contributed by atoms with Crippen LogP contribution < -0.4 is 9.62 Å². The highest BCUT2D eigenvalue weighted by Gasteiger charge is 2.20. The van der Waals surface area contributed by atoms with Crippen LogP contribution in [0.15, 0.2) is 41.3 Å². The molecule has 0 saturated heterocycles. The number of nitrogens with zero attached hydrogens (tertiary/aromatic N) is 1. The van der Waals surface area contributed by atoms with E-state index >= 15 is 0 Å². The van der Waals surface area contributed by atoms with Crippen LogP contribution in [-0.4, -0.2) is 33.7 Å². The van der Waals surface area contributed by atoms with Crippen molar-refractivity contribution >= 4 is 15.7 Å². The number of aryl methyl sites for hydroxylation is 1. The minimum Gasteiger partial charge on any atom is -0.387 e. The second-order valence-electron chi connectivity index (χ2n) is 6.34. The number of aliphatic hydroxyl groups excluding tert-OH is 1. The fourth-order valence-corrected chi connectivity index (χ4v) is 4.09. The molecule has 1 aliphatic rings. The lowest BCUT2D eigenvalue weighted by Crippen LogP contribution is -2.28. The number of halogens is 1. The van der Waals surface area contributed by atoms with Crippen LogP contribution in [0, 0.1) is 12.7 Å². The molecule has 2 aromatic carbocycles. The third-order valence-electron chi connectivity index (χ3n) is 4.52. The van der Waals surface area contributed by atoms with Crippen LogP contribution in [0.25, 0.3) is 0 Å². The van der Waals surface area contributed by atoms with Gasteiger partial charge in [0.1, 0.15) is 5.82 Å². The zero-order valence-electron chi connectivity index (χ0n) is 14.2. The molecule has 0 aliphatic carbocycles. The molecule has 0 bridgehead atoms. The summed E-state index contributed by atoms with van der Waals surface area (Å²) in [5.74, 6) is -0.456. The molecule has 1 atom stereocenters. The molecule has 3 rings (SSSR count). The number of hydrogen-bond donors (Lipinski definition) is 2. The summed E-state index contributed by atoms with van der Waals surface area (Å²) in [4.78, 5) is 2.12. The first-order valence-electron chi connectivity index (χ1n) is 8.06. The Kier molecular flexibility index (Phi) is 4.81. The van der Waals surface area contributed by atoms with Crippen LogP contribution in [0.5, 0.6) is 0 Å². The molecule has 0 fully saturated rings. The maximum Gasteiger partial charge on any atom is 0.240 e. The van der Waals surface area contributed by atoms with Crippen LogP contribution in [0.1, 0.15) is 22.8 Å². The van der Waals surface area contributed by atoms with Gasteiger partial charge in [-0.2, -0.15) is 0 Å². The van der Waals surface area contributed by atoms with Crippen molar-refractivity contribution < 1.29 is 17.9 Å². The second kappa shape index (κ2) is 6.74. The number of hydrogen-bond acceptors (Lipinski definition) is 4. The molecule has 0 amide bonds. The molecule has 0 radical (unpaired) electrons. The summed E-state index contributed by atoms with van der Waals surface area (Å²) in [5.41, 5.74) is 3.22. The number of fused-ring (bicyclic) bond motifs is 1. The second-order valence-corrected chi connectivity index (χ2v) is 8.11. The van der Waals surface area contributed by atoms with Crippen molar-refractivity contribution in [3.8, 4) is 0 Å². The van der Waals surface area contributed by atoms with Gasteiger partial charge < -0.3 is 10.0 Å². The monoisotopic (exact) mass is 364 g/mol. The predicted molar refractivity (Wildman–Crippen MR) is 94.7 cm³/mol. The van der Waals surface area contributed by atoms with E-state index in [9.17, 15) is 17.9 Å². The lowest BCUT2D eigenvalue weighted by atomic mass is 10.0. The molecule has 134 valence electrons. The highest BCUT2D eigenvalue weighted by molar-refractivity contribution is 7.89. The first-order valence-corrected chi connectivity index (χ1v) is 9.54. The summed E-state index contributed by atoms with van der Waals surface area (Å²) in [5, 5.41) is 10.3. The summed E-state index contributed by atoms with van der Waals surface area (Å²) >= 11 is 0. The van der Waals surface area contributed by atoms with Gasteiger partial charge in [-0.15, -0.1) is 0 Å². The summed E-state index contributed by atoms with van der Waals surface area (Å²) in [6.45, 7) is 2.30. The minimum atomic E-state index is -3.81. The van der Waals surface area contributed by atoms with Crippen molar-refractivity contribution in [2.75, 3.05) is 25.0 Å². The lowest BCUT2D eigenvalue weighted by Gasteiger charge is -2.16. The van der Waals surface area contributed by atoms with Crippen molar-refractivity contribution in [2.45, 2.75) is 24.3 Å². The van der Waals surface area contributed by atoms with Gasteiger partial charge in [-0.25, -0.2) is 17.5 Å². The van der Waals surface area contributed by atoms with Crippen molar-refractivity contribution in [2.24, 2.45) is 0 Å². The number of rotatable bonds is 5. The molecule has 2 N–H and O–H groups in total. The fraction of sp³-hybridized carbons (Fsp3) is 0.333. The summed E-state index contributed by atoms with van der Waals surface area (Å²) in [7, 11) is -1.79. The first-order chi connectivity index (χ1) is 11.8. The van der Waals surface area contributed by atoms with Gasteiger partial charge in [0, 0.05) is 25.8 Å². The van der Waals surface area contributed by atoms with Crippen LogP contribution in [0.3, 0.4) is 0 Å². The molecule has 7 heteroatoms. The molecule has 1 unspecified atom stereocenters. The zero-order valence-corrected chi connectivity index (χ0v) is 15.0. The number of likely N-dealkylation sites (N-methyl/N-ethyl adjacent to an activating group) is 1. The number of aliphatic hydroxyl groups is 1. The van der Waals surface area contributed by atoms with Gasteiger partial charge in [-0.3, -0.25) is 0 Å². The first kappa shape index (κ1) is 17.8. The Balaban J connectivity index is 1.71. The smallest absolute Gasteiger partial charge is 0.240 e. The third kappa shape index (κ3) is 3.68. The molecular weight excluding hydrogens is 343 g/mol. The molecule has 0 spiro atoms. The molecule has 1 heterocycles. The van der Waals surface area contributed by atoms with Crippen molar-refractivity contribution in [3.63, 3.8) is 0 Å². The molecule has 2 aromatic rings. The van der Waals surface area contributed by atoms with Crippen LogP contribution in [-0.2, 0) is 16.4 Å². The zero-order chi connectivity index (χ0) is 18.2. The summed E-state index contributed by atoms with van der Waals surface area (Å²) in [6.07, 6.45) is -0.0417. The molecule has 0 saturated carbocycles. The summed E-state index contributed by atoms with van der Waals surface area (Å²) in [6, 6.07) is 9.27. The quantitative estimate of drug-likeness (QED) is 0.853. The Bertz CT molecular complexity index is 899. The Morgan fingerprint density at radius 3 is 2.76 bits per heavy atom. The lowest BCUT2D eigenvalue weighted by molar-refractivity contribution is 0.182. The highest BCUT2D eigenvalue weighted by atomic mass is 32.2. The van der Waals surface area contributed by atoms with E-state index in [1.807, 2.05) is 25.2 Å². The van der Waals surface area contributed by atoms with E-state index in [1.54, 1.807) is 0 Å². The van der Waals surface area contributed by atoms with Crippen LogP contribution in [0.2, 0.25) is 0 Å². The van der Waals surface area contributed by atoms with Crippen LogP contribution >= 0.6 is 0 Å². The van der Waals surface area contributed by atoms with E-state index in [0.717, 1.165) is 30.3 Å². The molecule has 1 aliphatic heterocycles. The fourth-order valence-electron chi connectivity index (χ4n) is 2.97. The van der Waals surface area contributed by atoms with E-state index in [4.69, 9.17) is 0 Å². The van der Waals surface area contributed by atoms with Gasteiger partial charge in [0.15, 0.2) is 0 Å². The maximum atomic E-state index is 13.3. The van der Waals surface area contributed by atoms with E-state index in [2.05, 4.69) is 9.62 Å². The van der Waals surface area contributed by atoms with E-state index in [1.165, 1.54) is 19.1 Å². The van der Waals surface area contributed by atoms with Gasteiger partial charge in [-0.05, 0) is 54.3 Å². The van der Waals surface area contributed by atoms with Gasteiger partial charge in [0.05, 0.1) is 11.0 Å². The van der Waals surface area contributed by atoms with Gasteiger partial charge >= 0.3 is 0 Å². The molecule has 0 aromatic heterocycles. The Labute approximate surface area is 147 Å². The molecule has 5 nitrogen and oxygen atoms in total. The largest absolute Gasteiger partial charge is 0.387 e. The third-order valence-corrected chi connectivity index (χ3v) is 5.94. The Hall–Kier alpha value is -1.96.